The molecule has 2 aliphatic carbocycles. The van der Waals surface area contributed by atoms with Crippen LogP contribution in [0.1, 0.15) is 25.7 Å². The Kier molecular flexibility index (Phi) is 1.83. The molecule has 0 heterocycles. The summed E-state index contributed by atoms with van der Waals surface area (Å²) < 4.78 is 0. The molecule has 0 aromatic carbocycles. The van der Waals surface area contributed by atoms with Gasteiger partial charge in [-0.25, -0.2) is 0 Å². The normalized spacial score (nSPS) is 25.3. The highest BCUT2D eigenvalue weighted by Gasteiger charge is 2.53. The number of carboxylic acids is 1. The Bertz CT molecular complexity index is 195. The van der Waals surface area contributed by atoms with Crippen molar-refractivity contribution >= 4 is 5.97 Å². The molecule has 0 saturated heterocycles. The predicted molar refractivity (Wildman–Crippen MR) is 44.9 cm³/mol. The van der Waals surface area contributed by atoms with Crippen molar-refractivity contribution in [2.45, 2.75) is 25.7 Å². The summed E-state index contributed by atoms with van der Waals surface area (Å²) in [5.74, 6) is 0.167. The number of carbonyl (C=O) groups is 1. The van der Waals surface area contributed by atoms with Crippen molar-refractivity contribution in [2.24, 2.45) is 11.3 Å². The maximum atomic E-state index is 10.2. The SMILES string of the molecule is O=C(O)CNCC1(C2CC2)CC1. The Morgan fingerprint density at radius 2 is 2.17 bits per heavy atom. The van der Waals surface area contributed by atoms with Gasteiger partial charge in [0.15, 0.2) is 0 Å². The van der Waals surface area contributed by atoms with Gasteiger partial charge >= 0.3 is 5.97 Å². The molecule has 2 fully saturated rings. The Balaban J connectivity index is 1.68. The molecule has 2 saturated carbocycles. The number of carboxylic acid groups (broad SMARTS) is 1. The van der Waals surface area contributed by atoms with Crippen LogP contribution >= 0.6 is 0 Å². The quantitative estimate of drug-likeness (QED) is 0.641. The Labute approximate surface area is 72.2 Å². The average molecular weight is 169 g/mol. The minimum atomic E-state index is -0.749. The summed E-state index contributed by atoms with van der Waals surface area (Å²) in [7, 11) is 0. The summed E-state index contributed by atoms with van der Waals surface area (Å²) in [6.07, 6.45) is 5.36. The molecule has 2 N–H and O–H groups in total. The molecule has 0 unspecified atom stereocenters. The van der Waals surface area contributed by atoms with Gasteiger partial charge in [-0.3, -0.25) is 4.79 Å². The third-order valence-electron chi connectivity index (χ3n) is 3.09. The maximum absolute atomic E-state index is 10.2. The monoisotopic (exact) mass is 169 g/mol. The zero-order valence-electron chi connectivity index (χ0n) is 7.18. The highest BCUT2D eigenvalue weighted by atomic mass is 16.4. The van der Waals surface area contributed by atoms with Crippen LogP contribution in [0.25, 0.3) is 0 Å². The zero-order chi connectivity index (χ0) is 8.60. The van der Waals surface area contributed by atoms with Crippen LogP contribution in [-0.4, -0.2) is 24.2 Å². The fourth-order valence-corrected chi connectivity index (χ4v) is 2.00. The van der Waals surface area contributed by atoms with Crippen LogP contribution in [0, 0.1) is 11.3 Å². The highest BCUT2D eigenvalue weighted by molar-refractivity contribution is 5.69. The van der Waals surface area contributed by atoms with E-state index in [9.17, 15) is 4.79 Å². The molecule has 3 heteroatoms. The third-order valence-corrected chi connectivity index (χ3v) is 3.09. The number of nitrogens with one attached hydrogen (secondary N) is 1. The molecule has 0 radical (unpaired) electrons. The van der Waals surface area contributed by atoms with E-state index in [1.807, 2.05) is 0 Å². The second-order valence-corrected chi connectivity index (χ2v) is 4.13. The molecule has 12 heavy (non-hydrogen) atoms. The van der Waals surface area contributed by atoms with Gasteiger partial charge in [0.05, 0.1) is 6.54 Å². The van der Waals surface area contributed by atoms with Gasteiger partial charge in [0.1, 0.15) is 0 Å². The molecule has 2 rings (SSSR count). The highest BCUT2D eigenvalue weighted by Crippen LogP contribution is 2.60. The van der Waals surface area contributed by atoms with E-state index in [0.717, 1.165) is 12.5 Å². The lowest BCUT2D eigenvalue weighted by Crippen LogP contribution is -2.30. The van der Waals surface area contributed by atoms with Crippen molar-refractivity contribution < 1.29 is 9.90 Å². The molecular formula is C9H15NO2. The lowest BCUT2D eigenvalue weighted by molar-refractivity contribution is -0.136. The lowest BCUT2D eigenvalue weighted by atomic mass is 10.0. The van der Waals surface area contributed by atoms with Crippen molar-refractivity contribution in [3.05, 3.63) is 0 Å². The topological polar surface area (TPSA) is 49.3 Å². The molecule has 3 nitrogen and oxygen atoms in total. The van der Waals surface area contributed by atoms with E-state index >= 15 is 0 Å². The first-order chi connectivity index (χ1) is 5.73. The maximum Gasteiger partial charge on any atom is 0.317 e. The summed E-state index contributed by atoms with van der Waals surface area (Å²) in [5, 5.41) is 11.4. The van der Waals surface area contributed by atoms with Gasteiger partial charge in [-0.1, -0.05) is 0 Å². The van der Waals surface area contributed by atoms with Crippen LogP contribution in [-0.2, 0) is 4.79 Å². The molecule has 0 spiro atoms. The Morgan fingerprint density at radius 3 is 2.58 bits per heavy atom. The number of rotatable bonds is 5. The van der Waals surface area contributed by atoms with Crippen LogP contribution < -0.4 is 5.32 Å². The first-order valence-electron chi connectivity index (χ1n) is 4.65. The van der Waals surface area contributed by atoms with Crippen molar-refractivity contribution in [3.63, 3.8) is 0 Å². The molecule has 0 aliphatic heterocycles. The first-order valence-corrected chi connectivity index (χ1v) is 4.65. The van der Waals surface area contributed by atoms with E-state index in [-0.39, 0.29) is 6.54 Å². The van der Waals surface area contributed by atoms with Crippen LogP contribution in [0.15, 0.2) is 0 Å². The van der Waals surface area contributed by atoms with Crippen LogP contribution in [0.3, 0.4) is 0 Å². The molecule has 68 valence electrons. The Morgan fingerprint density at radius 1 is 1.50 bits per heavy atom. The van der Waals surface area contributed by atoms with Gasteiger partial charge in [-0.15, -0.1) is 0 Å². The van der Waals surface area contributed by atoms with Gasteiger partial charge in [-0.05, 0) is 37.0 Å². The molecular weight excluding hydrogens is 154 g/mol. The molecule has 0 amide bonds. The van der Waals surface area contributed by atoms with E-state index < -0.39 is 5.97 Å². The van der Waals surface area contributed by atoms with E-state index in [1.165, 1.54) is 25.7 Å². The minimum Gasteiger partial charge on any atom is -0.480 e. The van der Waals surface area contributed by atoms with E-state index in [1.54, 1.807) is 0 Å². The number of hydrogen-bond donors (Lipinski definition) is 2. The smallest absolute Gasteiger partial charge is 0.317 e. The summed E-state index contributed by atoms with van der Waals surface area (Å²) >= 11 is 0. The number of aliphatic carboxylic acids is 1. The van der Waals surface area contributed by atoms with Crippen molar-refractivity contribution in [2.75, 3.05) is 13.1 Å². The second kappa shape index (κ2) is 2.73. The summed E-state index contributed by atoms with van der Waals surface area (Å²) in [5.41, 5.74) is 0.523. The lowest BCUT2D eigenvalue weighted by Gasteiger charge is -2.13. The number of hydrogen-bond acceptors (Lipinski definition) is 2. The molecule has 0 bridgehead atoms. The van der Waals surface area contributed by atoms with Gasteiger partial charge < -0.3 is 10.4 Å². The van der Waals surface area contributed by atoms with E-state index in [0.29, 0.717) is 5.41 Å². The van der Waals surface area contributed by atoms with Gasteiger partial charge in [0.2, 0.25) is 0 Å². The fraction of sp³-hybridized carbons (Fsp3) is 0.889. The molecule has 0 aromatic rings. The largest absolute Gasteiger partial charge is 0.480 e. The standard InChI is InChI=1S/C9H15NO2/c11-8(12)5-10-6-9(3-4-9)7-1-2-7/h7,10H,1-6H2,(H,11,12). The van der Waals surface area contributed by atoms with Crippen LogP contribution in [0.2, 0.25) is 0 Å². The zero-order valence-corrected chi connectivity index (χ0v) is 7.18. The summed E-state index contributed by atoms with van der Waals surface area (Å²) in [6.45, 7) is 1.04. The summed E-state index contributed by atoms with van der Waals surface area (Å²) in [4.78, 5) is 10.2. The fourth-order valence-electron chi connectivity index (χ4n) is 2.00. The van der Waals surface area contributed by atoms with Crippen molar-refractivity contribution in [3.8, 4) is 0 Å². The second-order valence-electron chi connectivity index (χ2n) is 4.13. The Hall–Kier alpha value is -0.570. The van der Waals surface area contributed by atoms with Crippen molar-refractivity contribution in [1.29, 1.82) is 0 Å². The summed E-state index contributed by atoms with van der Waals surface area (Å²) in [6, 6.07) is 0. The van der Waals surface area contributed by atoms with Gasteiger partial charge in [0, 0.05) is 6.54 Å². The minimum absolute atomic E-state index is 0.120. The van der Waals surface area contributed by atoms with Crippen molar-refractivity contribution in [1.82, 2.24) is 5.32 Å². The first kappa shape index (κ1) is 8.05. The van der Waals surface area contributed by atoms with Crippen LogP contribution in [0.5, 0.6) is 0 Å². The van der Waals surface area contributed by atoms with E-state index in [4.69, 9.17) is 5.11 Å². The molecule has 0 atom stereocenters. The molecule has 0 aromatic heterocycles. The third kappa shape index (κ3) is 1.61. The molecule has 2 aliphatic rings. The predicted octanol–water partition coefficient (Wildman–Crippen LogP) is 0.851. The van der Waals surface area contributed by atoms with Gasteiger partial charge in [-0.2, -0.15) is 0 Å². The average Bonchev–Trinajstić information content (AvgIpc) is 2.82. The van der Waals surface area contributed by atoms with E-state index in [2.05, 4.69) is 5.32 Å². The van der Waals surface area contributed by atoms with Crippen LogP contribution in [0.4, 0.5) is 0 Å². The van der Waals surface area contributed by atoms with Gasteiger partial charge in [0.25, 0.3) is 0 Å².